The Balaban J connectivity index is 2.17. The molecule has 14 heteroatoms. The Labute approximate surface area is 225 Å². The second-order valence-corrected chi connectivity index (χ2v) is 10.8. The Morgan fingerprint density at radius 3 is 2.11 bits per heavy atom. The predicted octanol–water partition coefficient (Wildman–Crippen LogP) is 8.09. The zero-order valence-electron chi connectivity index (χ0n) is 18.1. The van der Waals surface area contributed by atoms with E-state index in [0.29, 0.717) is 0 Å². The SMILES string of the molecule is C[C@H](C[S+]([O-])CC(F)(F)F)NC(=O)c1ccc(/C=C/C(c2cc(Cl)c(Cl)c(Cl)c2)C(F)(F)F)cc1Cl. The van der Waals surface area contributed by atoms with Crippen LogP contribution in [-0.2, 0) is 11.2 Å². The van der Waals surface area contributed by atoms with Crippen LogP contribution in [0.1, 0.15) is 34.3 Å². The molecule has 0 aliphatic carbocycles. The lowest BCUT2D eigenvalue weighted by Crippen LogP contribution is -2.39. The first-order chi connectivity index (χ1) is 16.5. The highest BCUT2D eigenvalue weighted by Gasteiger charge is 2.39. The predicted molar refractivity (Wildman–Crippen MR) is 132 cm³/mol. The van der Waals surface area contributed by atoms with Gasteiger partial charge in [0.2, 0.25) is 5.75 Å². The van der Waals surface area contributed by atoms with Crippen molar-refractivity contribution in [3.63, 3.8) is 0 Å². The van der Waals surface area contributed by atoms with Gasteiger partial charge in [0.15, 0.2) is 0 Å². The van der Waals surface area contributed by atoms with Gasteiger partial charge in [-0.1, -0.05) is 64.6 Å². The largest absolute Gasteiger partial charge is 0.616 e. The molecule has 0 fully saturated rings. The standard InChI is InChI=1S/C22H17Cl4F6NO2S/c1-11(9-36(35)10-21(27,28)29)33-20(34)14-4-2-12(6-16(14)23)3-5-15(22(30,31)32)13-7-17(24)19(26)18(25)8-13/h2-8,11,15H,9-10H2,1H3,(H,33,34)/b5-3+/t11-,15?,36?/m1/s1. The summed E-state index contributed by atoms with van der Waals surface area (Å²) in [6.45, 7) is 1.38. The first kappa shape index (κ1) is 30.9. The summed E-state index contributed by atoms with van der Waals surface area (Å²) in [4.78, 5) is 12.4. The van der Waals surface area contributed by atoms with Crippen LogP contribution in [0.2, 0.25) is 20.1 Å². The molecule has 0 aliphatic heterocycles. The summed E-state index contributed by atoms with van der Waals surface area (Å²) in [6, 6.07) is 5.08. The van der Waals surface area contributed by atoms with Crippen molar-refractivity contribution in [1.82, 2.24) is 5.32 Å². The van der Waals surface area contributed by atoms with Crippen LogP contribution in [-0.4, -0.2) is 40.4 Å². The van der Waals surface area contributed by atoms with E-state index in [1.54, 1.807) is 0 Å². The molecule has 2 unspecified atom stereocenters. The third-order valence-electron chi connectivity index (χ3n) is 4.57. The molecule has 0 aromatic heterocycles. The quantitative estimate of drug-likeness (QED) is 0.186. The fraction of sp³-hybridized carbons (Fsp3) is 0.318. The molecular formula is C22H17Cl4F6NO2S. The zero-order valence-corrected chi connectivity index (χ0v) is 22.0. The van der Waals surface area contributed by atoms with E-state index in [9.17, 15) is 35.7 Å². The summed E-state index contributed by atoms with van der Waals surface area (Å²) in [5.41, 5.74) is -0.0701. The van der Waals surface area contributed by atoms with Gasteiger partial charge in [-0.15, -0.1) is 0 Å². The molecule has 198 valence electrons. The van der Waals surface area contributed by atoms with Crippen molar-refractivity contribution in [2.45, 2.75) is 31.2 Å². The number of alkyl halides is 6. The lowest BCUT2D eigenvalue weighted by atomic mass is 9.97. The van der Waals surface area contributed by atoms with E-state index in [1.807, 2.05) is 0 Å². The van der Waals surface area contributed by atoms with Crippen molar-refractivity contribution >= 4 is 69.6 Å². The van der Waals surface area contributed by atoms with Crippen molar-refractivity contribution in [2.24, 2.45) is 0 Å². The summed E-state index contributed by atoms with van der Waals surface area (Å²) in [6.07, 6.45) is -7.29. The molecule has 2 aromatic rings. The number of rotatable bonds is 8. The Morgan fingerprint density at radius 2 is 1.61 bits per heavy atom. The molecule has 0 spiro atoms. The Bertz CT molecular complexity index is 1100. The lowest BCUT2D eigenvalue weighted by molar-refractivity contribution is -0.139. The van der Waals surface area contributed by atoms with Gasteiger partial charge in [0, 0.05) is 0 Å². The molecule has 1 N–H and O–H groups in total. The number of carbonyl (C=O) groups excluding carboxylic acids is 1. The van der Waals surface area contributed by atoms with Crippen molar-refractivity contribution in [2.75, 3.05) is 11.5 Å². The number of amides is 1. The van der Waals surface area contributed by atoms with E-state index in [2.05, 4.69) is 5.32 Å². The van der Waals surface area contributed by atoms with Crippen molar-refractivity contribution in [3.8, 4) is 0 Å². The number of nitrogens with one attached hydrogen (secondary N) is 1. The number of allylic oxidation sites excluding steroid dienone is 1. The summed E-state index contributed by atoms with van der Waals surface area (Å²) in [5.74, 6) is -4.75. The maximum absolute atomic E-state index is 13.7. The second kappa shape index (κ2) is 12.5. The fourth-order valence-corrected chi connectivity index (χ4v) is 5.07. The number of hydrogen-bond donors (Lipinski definition) is 1. The molecule has 0 saturated carbocycles. The molecular weight excluding hydrogens is 598 g/mol. The minimum Gasteiger partial charge on any atom is -0.616 e. The first-order valence-electron chi connectivity index (χ1n) is 9.89. The average molecular weight is 615 g/mol. The van der Waals surface area contributed by atoms with Gasteiger partial charge in [-0.25, -0.2) is 0 Å². The summed E-state index contributed by atoms with van der Waals surface area (Å²) in [5, 5.41) is 1.92. The summed E-state index contributed by atoms with van der Waals surface area (Å²) in [7, 11) is 0. The van der Waals surface area contributed by atoms with Crippen LogP contribution in [0.3, 0.4) is 0 Å². The molecule has 0 radical (unpaired) electrons. The normalized spacial score (nSPS) is 15.1. The van der Waals surface area contributed by atoms with Crippen LogP contribution in [0.5, 0.6) is 0 Å². The van der Waals surface area contributed by atoms with Gasteiger partial charge in [-0.3, -0.25) is 4.79 Å². The van der Waals surface area contributed by atoms with Gasteiger partial charge in [-0.05, 0) is 53.5 Å². The minimum atomic E-state index is -4.69. The van der Waals surface area contributed by atoms with Crippen LogP contribution in [0.25, 0.3) is 6.08 Å². The third kappa shape index (κ3) is 9.22. The van der Waals surface area contributed by atoms with E-state index < -0.39 is 52.9 Å². The van der Waals surface area contributed by atoms with Crippen molar-refractivity contribution < 1.29 is 35.7 Å². The summed E-state index contributed by atoms with van der Waals surface area (Å²) < 4.78 is 89.6. The summed E-state index contributed by atoms with van der Waals surface area (Å²) >= 11 is 21.4. The Kier molecular flexibility index (Phi) is 10.7. The van der Waals surface area contributed by atoms with E-state index in [-0.39, 0.29) is 36.8 Å². The second-order valence-electron chi connectivity index (χ2n) is 7.66. The molecule has 0 aliphatic rings. The van der Waals surface area contributed by atoms with E-state index in [0.717, 1.165) is 24.3 Å². The number of benzene rings is 2. The topological polar surface area (TPSA) is 52.2 Å². The van der Waals surface area contributed by atoms with Crippen LogP contribution < -0.4 is 5.32 Å². The molecule has 2 aromatic carbocycles. The molecule has 0 saturated heterocycles. The van der Waals surface area contributed by atoms with Crippen molar-refractivity contribution in [3.05, 3.63) is 73.2 Å². The van der Waals surface area contributed by atoms with Crippen LogP contribution in [0, 0.1) is 0 Å². The molecule has 2 rings (SSSR count). The van der Waals surface area contributed by atoms with Crippen LogP contribution in [0.15, 0.2) is 36.4 Å². The van der Waals surface area contributed by atoms with Gasteiger partial charge in [-0.2, -0.15) is 26.3 Å². The smallest absolute Gasteiger partial charge is 0.433 e. The highest BCUT2D eigenvalue weighted by molar-refractivity contribution is 7.91. The molecule has 0 bridgehead atoms. The fourth-order valence-electron chi connectivity index (χ4n) is 3.05. The molecule has 1 amide bonds. The molecule has 0 heterocycles. The number of carbonyl (C=O) groups is 1. The minimum absolute atomic E-state index is 0.0640. The lowest BCUT2D eigenvalue weighted by Gasteiger charge is -2.19. The molecule has 36 heavy (non-hydrogen) atoms. The van der Waals surface area contributed by atoms with E-state index >= 15 is 0 Å². The first-order valence-corrected chi connectivity index (χ1v) is 12.9. The van der Waals surface area contributed by atoms with E-state index in [1.165, 1.54) is 25.1 Å². The van der Waals surface area contributed by atoms with Crippen LogP contribution >= 0.6 is 46.4 Å². The van der Waals surface area contributed by atoms with Gasteiger partial charge >= 0.3 is 12.4 Å². The number of hydrogen-bond acceptors (Lipinski definition) is 2. The van der Waals surface area contributed by atoms with Crippen molar-refractivity contribution in [1.29, 1.82) is 0 Å². The zero-order chi connectivity index (χ0) is 27.4. The number of halogens is 10. The van der Waals surface area contributed by atoms with Gasteiger partial charge in [0.1, 0.15) is 5.75 Å². The maximum atomic E-state index is 13.7. The average Bonchev–Trinajstić information content (AvgIpc) is 2.69. The highest BCUT2D eigenvalue weighted by atomic mass is 35.5. The highest BCUT2D eigenvalue weighted by Crippen LogP contribution is 2.41. The Morgan fingerprint density at radius 1 is 1.03 bits per heavy atom. The molecule has 3 atom stereocenters. The third-order valence-corrected chi connectivity index (χ3v) is 7.61. The maximum Gasteiger partial charge on any atom is 0.433 e. The monoisotopic (exact) mass is 613 g/mol. The van der Waals surface area contributed by atoms with Crippen LogP contribution in [0.4, 0.5) is 26.3 Å². The molecule has 3 nitrogen and oxygen atoms in total. The van der Waals surface area contributed by atoms with Gasteiger partial charge in [0.25, 0.3) is 5.91 Å². The van der Waals surface area contributed by atoms with E-state index in [4.69, 9.17) is 46.4 Å². The van der Waals surface area contributed by atoms with Gasteiger partial charge < -0.3 is 9.87 Å². The Hall–Kier alpha value is -1.30. The van der Waals surface area contributed by atoms with Gasteiger partial charge in [0.05, 0.1) is 37.6 Å².